The molecule has 0 radical (unpaired) electrons. The van der Waals surface area contributed by atoms with Gasteiger partial charge in [0.15, 0.2) is 0 Å². The fourth-order valence-electron chi connectivity index (χ4n) is 4.51. The summed E-state index contributed by atoms with van der Waals surface area (Å²) in [7, 11) is 1.79. The summed E-state index contributed by atoms with van der Waals surface area (Å²) in [5.41, 5.74) is 3.71. The number of hydrogen-bond acceptors (Lipinski definition) is 3. The SMILES string of the molecule is CN(C(=O)Cn1c([C@@H]2CC(=O)N(Cc3ccccc3)C2)nc2ccccc21)c1ccccc1. The van der Waals surface area contributed by atoms with Gasteiger partial charge in [0.25, 0.3) is 0 Å². The highest BCUT2D eigenvalue weighted by Crippen LogP contribution is 2.31. The number of imidazole rings is 1. The van der Waals surface area contributed by atoms with Crippen molar-refractivity contribution in [2.75, 3.05) is 18.5 Å². The number of carbonyl (C=O) groups excluding carboxylic acids is 2. The highest BCUT2D eigenvalue weighted by atomic mass is 16.2. The summed E-state index contributed by atoms with van der Waals surface area (Å²) >= 11 is 0. The van der Waals surface area contributed by atoms with Crippen molar-refractivity contribution in [3.05, 3.63) is 96.3 Å². The minimum Gasteiger partial charge on any atom is -0.338 e. The molecule has 4 aromatic rings. The van der Waals surface area contributed by atoms with Crippen molar-refractivity contribution in [3.63, 3.8) is 0 Å². The molecule has 0 unspecified atom stereocenters. The zero-order chi connectivity index (χ0) is 22.8. The summed E-state index contributed by atoms with van der Waals surface area (Å²) in [5.74, 6) is 0.838. The number of nitrogens with zero attached hydrogens (tertiary/aromatic N) is 4. The molecule has 0 saturated carbocycles. The standard InChI is InChI=1S/C27H26N4O2/c1-29(22-12-6-3-7-13-22)26(33)19-31-24-15-9-8-14-23(24)28-27(31)21-16-25(32)30(18-21)17-20-10-4-2-5-11-20/h2-15,21H,16-19H2,1H3/t21-/m1/s1. The summed E-state index contributed by atoms with van der Waals surface area (Å²) in [4.78, 5) is 34.4. The van der Waals surface area contributed by atoms with Crippen LogP contribution >= 0.6 is 0 Å². The Kier molecular flexibility index (Phi) is 5.65. The van der Waals surface area contributed by atoms with Gasteiger partial charge in [-0.3, -0.25) is 9.59 Å². The largest absolute Gasteiger partial charge is 0.338 e. The number of benzene rings is 3. The zero-order valence-corrected chi connectivity index (χ0v) is 18.6. The number of amides is 2. The Hall–Kier alpha value is -3.93. The molecule has 1 atom stereocenters. The highest BCUT2D eigenvalue weighted by Gasteiger charge is 2.34. The van der Waals surface area contributed by atoms with Gasteiger partial charge >= 0.3 is 0 Å². The van der Waals surface area contributed by atoms with Crippen LogP contribution in [0.3, 0.4) is 0 Å². The summed E-state index contributed by atoms with van der Waals surface area (Å²) < 4.78 is 1.99. The second-order valence-corrected chi connectivity index (χ2v) is 8.49. The van der Waals surface area contributed by atoms with E-state index in [9.17, 15) is 9.59 Å². The molecule has 6 nitrogen and oxygen atoms in total. The molecular formula is C27H26N4O2. The number of likely N-dealkylation sites (N-methyl/N-ethyl adjacent to an activating group) is 1. The summed E-state index contributed by atoms with van der Waals surface area (Å²) in [6.45, 7) is 1.36. The number of aromatic nitrogens is 2. The van der Waals surface area contributed by atoms with E-state index in [0.29, 0.717) is 19.5 Å². The summed E-state index contributed by atoms with van der Waals surface area (Å²) in [6, 6.07) is 27.5. The first kappa shape index (κ1) is 20.9. The molecule has 2 amide bonds. The van der Waals surface area contributed by atoms with Crippen LogP contribution < -0.4 is 4.90 Å². The third-order valence-corrected chi connectivity index (χ3v) is 6.29. The molecule has 5 rings (SSSR count). The quantitative estimate of drug-likeness (QED) is 0.453. The van der Waals surface area contributed by atoms with Crippen molar-refractivity contribution in [2.24, 2.45) is 0 Å². The lowest BCUT2D eigenvalue weighted by atomic mass is 10.1. The normalized spacial score (nSPS) is 15.8. The maximum atomic E-state index is 13.2. The van der Waals surface area contributed by atoms with Crippen LogP contribution in [0.2, 0.25) is 0 Å². The number of carbonyl (C=O) groups is 2. The monoisotopic (exact) mass is 438 g/mol. The fourth-order valence-corrected chi connectivity index (χ4v) is 4.51. The molecule has 0 spiro atoms. The molecule has 1 aromatic heterocycles. The first-order valence-corrected chi connectivity index (χ1v) is 11.2. The van der Waals surface area contributed by atoms with Crippen molar-refractivity contribution in [1.82, 2.24) is 14.5 Å². The first-order chi connectivity index (χ1) is 16.1. The van der Waals surface area contributed by atoms with Crippen LogP contribution in [0, 0.1) is 0 Å². The van der Waals surface area contributed by atoms with Crippen molar-refractivity contribution < 1.29 is 9.59 Å². The molecule has 0 N–H and O–H groups in total. The number of fused-ring (bicyclic) bond motifs is 1. The van der Waals surface area contributed by atoms with E-state index in [-0.39, 0.29) is 24.3 Å². The van der Waals surface area contributed by atoms with Gasteiger partial charge in [-0.05, 0) is 29.8 Å². The topological polar surface area (TPSA) is 58.4 Å². The molecule has 3 aromatic carbocycles. The molecule has 1 saturated heterocycles. The average Bonchev–Trinajstić information content (AvgIpc) is 3.40. The molecule has 1 aliphatic heterocycles. The predicted octanol–water partition coefficient (Wildman–Crippen LogP) is 4.22. The molecule has 0 bridgehead atoms. The maximum absolute atomic E-state index is 13.2. The van der Waals surface area contributed by atoms with E-state index in [4.69, 9.17) is 4.98 Å². The Morgan fingerprint density at radius 2 is 1.64 bits per heavy atom. The summed E-state index contributed by atoms with van der Waals surface area (Å²) in [6.07, 6.45) is 0.402. The van der Waals surface area contributed by atoms with Crippen molar-refractivity contribution in [2.45, 2.75) is 25.4 Å². The average molecular weight is 439 g/mol. The van der Waals surface area contributed by atoms with Crippen LogP contribution in [-0.4, -0.2) is 39.9 Å². The van der Waals surface area contributed by atoms with Crippen LogP contribution in [-0.2, 0) is 22.7 Å². The second-order valence-electron chi connectivity index (χ2n) is 8.49. The van der Waals surface area contributed by atoms with Gasteiger partial charge < -0.3 is 14.4 Å². The van der Waals surface area contributed by atoms with Crippen molar-refractivity contribution in [3.8, 4) is 0 Å². The number of likely N-dealkylation sites (tertiary alicyclic amines) is 1. The fraction of sp³-hybridized carbons (Fsp3) is 0.222. The Morgan fingerprint density at radius 3 is 2.39 bits per heavy atom. The van der Waals surface area contributed by atoms with E-state index in [1.165, 1.54) is 0 Å². The molecule has 1 aliphatic rings. The Bertz CT molecular complexity index is 1280. The van der Waals surface area contributed by atoms with Crippen molar-refractivity contribution in [1.29, 1.82) is 0 Å². The highest BCUT2D eigenvalue weighted by molar-refractivity contribution is 5.93. The van der Waals surface area contributed by atoms with Crippen molar-refractivity contribution >= 4 is 28.5 Å². The van der Waals surface area contributed by atoms with E-state index in [1.807, 2.05) is 94.4 Å². The third-order valence-electron chi connectivity index (χ3n) is 6.29. The Morgan fingerprint density at radius 1 is 0.970 bits per heavy atom. The minimum absolute atomic E-state index is 0.0314. The summed E-state index contributed by atoms with van der Waals surface area (Å²) in [5, 5.41) is 0. The second kappa shape index (κ2) is 8.90. The van der Waals surface area contributed by atoms with Gasteiger partial charge in [-0.1, -0.05) is 60.7 Å². The van der Waals surface area contributed by atoms with Gasteiger partial charge in [0.1, 0.15) is 12.4 Å². The van der Waals surface area contributed by atoms with Gasteiger partial charge in [0.05, 0.1) is 11.0 Å². The number of rotatable bonds is 6. The number of anilines is 1. The van der Waals surface area contributed by atoms with Crippen LogP contribution in [0.25, 0.3) is 11.0 Å². The lowest BCUT2D eigenvalue weighted by Gasteiger charge is -2.20. The predicted molar refractivity (Wildman–Crippen MR) is 129 cm³/mol. The van der Waals surface area contributed by atoms with E-state index in [2.05, 4.69) is 0 Å². The third kappa shape index (κ3) is 4.24. The first-order valence-electron chi connectivity index (χ1n) is 11.2. The maximum Gasteiger partial charge on any atom is 0.246 e. The number of para-hydroxylation sites is 3. The molecule has 33 heavy (non-hydrogen) atoms. The van der Waals surface area contributed by atoms with Gasteiger partial charge in [-0.15, -0.1) is 0 Å². The van der Waals surface area contributed by atoms with Crippen LogP contribution in [0.15, 0.2) is 84.9 Å². The lowest BCUT2D eigenvalue weighted by molar-refractivity contribution is -0.128. The van der Waals surface area contributed by atoms with E-state index in [1.54, 1.807) is 11.9 Å². The van der Waals surface area contributed by atoms with E-state index in [0.717, 1.165) is 28.1 Å². The molecule has 2 heterocycles. The number of hydrogen-bond donors (Lipinski definition) is 0. The van der Waals surface area contributed by atoms with E-state index >= 15 is 0 Å². The molecule has 1 fully saturated rings. The molecule has 0 aliphatic carbocycles. The van der Waals surface area contributed by atoms with Crippen LogP contribution in [0.5, 0.6) is 0 Å². The van der Waals surface area contributed by atoms with Gasteiger partial charge in [-0.2, -0.15) is 0 Å². The Labute approximate surface area is 193 Å². The molecular weight excluding hydrogens is 412 g/mol. The van der Waals surface area contributed by atoms with Crippen LogP contribution in [0.1, 0.15) is 23.7 Å². The molecule has 6 heteroatoms. The van der Waals surface area contributed by atoms with Gasteiger partial charge in [0, 0.05) is 38.2 Å². The van der Waals surface area contributed by atoms with Gasteiger partial charge in [0.2, 0.25) is 11.8 Å². The molecule has 166 valence electrons. The van der Waals surface area contributed by atoms with E-state index < -0.39 is 0 Å². The minimum atomic E-state index is -0.0524. The van der Waals surface area contributed by atoms with Crippen LogP contribution in [0.4, 0.5) is 5.69 Å². The Balaban J connectivity index is 1.42. The lowest BCUT2D eigenvalue weighted by Crippen LogP contribution is -2.31. The zero-order valence-electron chi connectivity index (χ0n) is 18.6. The van der Waals surface area contributed by atoms with Gasteiger partial charge in [-0.25, -0.2) is 4.98 Å². The smallest absolute Gasteiger partial charge is 0.246 e.